The van der Waals surface area contributed by atoms with Crippen LogP contribution in [0, 0.1) is 0 Å². The molecule has 3 nitrogen and oxygen atoms in total. The van der Waals surface area contributed by atoms with E-state index in [9.17, 15) is 0 Å². The molecule has 62 valence electrons. The zero-order valence-electron chi connectivity index (χ0n) is 6.77. The molecule has 12 heavy (non-hydrogen) atoms. The van der Waals surface area contributed by atoms with Gasteiger partial charge in [-0.3, -0.25) is 4.99 Å². The minimum Gasteiger partial charge on any atom is -0.271 e. The van der Waals surface area contributed by atoms with Crippen LogP contribution in [0.1, 0.15) is 12.7 Å². The van der Waals surface area contributed by atoms with Crippen LogP contribution in [0.15, 0.2) is 23.5 Å². The Bertz CT molecular complexity index is 296. The summed E-state index contributed by atoms with van der Waals surface area (Å²) in [6.45, 7) is 2.10. The van der Waals surface area contributed by atoms with Crippen molar-refractivity contribution in [1.82, 2.24) is 9.97 Å². The Morgan fingerprint density at radius 1 is 1.42 bits per heavy atom. The maximum absolute atomic E-state index is 4.41. The molecular weight excluding hydrogens is 170 g/mol. The van der Waals surface area contributed by atoms with Crippen molar-refractivity contribution in [2.24, 2.45) is 4.99 Å². The summed E-state index contributed by atoms with van der Waals surface area (Å²) in [4.78, 5) is 12.7. The molecule has 1 aliphatic heterocycles. The van der Waals surface area contributed by atoms with Gasteiger partial charge < -0.3 is 0 Å². The highest BCUT2D eigenvalue weighted by Crippen LogP contribution is 2.20. The molecule has 2 heterocycles. The summed E-state index contributed by atoms with van der Waals surface area (Å²) in [5.74, 6) is 1.81. The average Bonchev–Trinajstić information content (AvgIpc) is 2.54. The molecule has 0 aromatic carbocycles. The van der Waals surface area contributed by atoms with Crippen LogP contribution in [0.25, 0.3) is 0 Å². The number of rotatable bonds is 1. The predicted molar refractivity (Wildman–Crippen MR) is 50.5 cm³/mol. The standard InChI is InChI=1S/C8H9N3S/c1-6-5-12-8(11-6)7-9-3-2-4-10-7/h2-4,6H,5H2,1H3/t6-/m1/s1. The SMILES string of the molecule is C[C@@H]1CSC(c2ncccn2)=N1. The fourth-order valence-electron chi connectivity index (χ4n) is 1.01. The number of hydrogen-bond donors (Lipinski definition) is 0. The summed E-state index contributed by atoms with van der Waals surface area (Å²) in [5.41, 5.74) is 0. The van der Waals surface area contributed by atoms with Crippen molar-refractivity contribution in [3.8, 4) is 0 Å². The lowest BCUT2D eigenvalue weighted by atomic mass is 10.4. The van der Waals surface area contributed by atoms with Crippen molar-refractivity contribution < 1.29 is 0 Å². The molecule has 0 saturated heterocycles. The van der Waals surface area contributed by atoms with Crippen LogP contribution in [-0.4, -0.2) is 26.8 Å². The lowest BCUT2D eigenvalue weighted by Gasteiger charge is -1.94. The minimum atomic E-state index is 0.411. The van der Waals surface area contributed by atoms with Crippen molar-refractivity contribution >= 4 is 16.8 Å². The Labute approximate surface area is 75.3 Å². The number of thioether (sulfide) groups is 1. The maximum atomic E-state index is 4.41. The number of aromatic nitrogens is 2. The van der Waals surface area contributed by atoms with E-state index < -0.39 is 0 Å². The zero-order valence-corrected chi connectivity index (χ0v) is 7.58. The number of hydrogen-bond acceptors (Lipinski definition) is 4. The minimum absolute atomic E-state index is 0.411. The molecule has 0 aliphatic carbocycles. The number of nitrogens with zero attached hydrogens (tertiary/aromatic N) is 3. The number of aliphatic imine (C=N–C) groups is 1. The van der Waals surface area contributed by atoms with Crippen LogP contribution in [0.4, 0.5) is 0 Å². The van der Waals surface area contributed by atoms with Crippen LogP contribution in [0.5, 0.6) is 0 Å². The van der Waals surface area contributed by atoms with Gasteiger partial charge in [0.1, 0.15) is 5.04 Å². The van der Waals surface area contributed by atoms with Crippen molar-refractivity contribution in [3.63, 3.8) is 0 Å². The summed E-state index contributed by atoms with van der Waals surface area (Å²) in [6, 6.07) is 2.22. The van der Waals surface area contributed by atoms with Crippen LogP contribution in [0.2, 0.25) is 0 Å². The highest BCUT2D eigenvalue weighted by atomic mass is 32.2. The second-order valence-electron chi connectivity index (χ2n) is 2.67. The van der Waals surface area contributed by atoms with E-state index in [1.807, 2.05) is 6.07 Å². The first-order valence-electron chi connectivity index (χ1n) is 3.84. The van der Waals surface area contributed by atoms with Gasteiger partial charge in [0.2, 0.25) is 0 Å². The van der Waals surface area contributed by atoms with E-state index in [-0.39, 0.29) is 0 Å². The topological polar surface area (TPSA) is 38.1 Å². The first-order valence-corrected chi connectivity index (χ1v) is 4.83. The lowest BCUT2D eigenvalue weighted by Crippen LogP contribution is -1.98. The molecule has 0 bridgehead atoms. The van der Waals surface area contributed by atoms with Gasteiger partial charge in [-0.15, -0.1) is 11.8 Å². The molecule has 0 unspecified atom stereocenters. The third kappa shape index (κ3) is 1.48. The Morgan fingerprint density at radius 2 is 2.17 bits per heavy atom. The van der Waals surface area contributed by atoms with Crippen LogP contribution in [-0.2, 0) is 0 Å². The summed E-state index contributed by atoms with van der Waals surface area (Å²) < 4.78 is 0. The monoisotopic (exact) mass is 179 g/mol. The molecular formula is C8H9N3S. The first-order chi connectivity index (χ1) is 5.86. The van der Waals surface area contributed by atoms with Gasteiger partial charge in [0, 0.05) is 18.1 Å². The van der Waals surface area contributed by atoms with Crippen molar-refractivity contribution in [2.75, 3.05) is 5.75 Å². The summed E-state index contributed by atoms with van der Waals surface area (Å²) in [5, 5.41) is 0.975. The van der Waals surface area contributed by atoms with Gasteiger partial charge in [-0.2, -0.15) is 0 Å². The van der Waals surface area contributed by atoms with Gasteiger partial charge in [-0.25, -0.2) is 9.97 Å². The summed E-state index contributed by atoms with van der Waals surface area (Å²) in [6.07, 6.45) is 3.49. The molecule has 0 spiro atoms. The third-order valence-electron chi connectivity index (χ3n) is 1.56. The molecule has 1 aliphatic rings. The van der Waals surface area contributed by atoms with E-state index in [0.717, 1.165) is 16.6 Å². The predicted octanol–water partition coefficient (Wildman–Crippen LogP) is 1.36. The maximum Gasteiger partial charge on any atom is 0.184 e. The molecule has 0 radical (unpaired) electrons. The highest BCUT2D eigenvalue weighted by molar-refractivity contribution is 8.14. The molecule has 0 amide bonds. The fraction of sp³-hybridized carbons (Fsp3) is 0.375. The second-order valence-corrected chi connectivity index (χ2v) is 3.68. The Hall–Kier alpha value is -0.900. The van der Waals surface area contributed by atoms with Crippen molar-refractivity contribution in [1.29, 1.82) is 0 Å². The normalized spacial score (nSPS) is 22.4. The Morgan fingerprint density at radius 3 is 2.75 bits per heavy atom. The quantitative estimate of drug-likeness (QED) is 0.653. The lowest BCUT2D eigenvalue weighted by molar-refractivity contribution is 0.863. The molecule has 0 fully saturated rings. The summed E-state index contributed by atoms with van der Waals surface area (Å²) in [7, 11) is 0. The second kappa shape index (κ2) is 3.23. The van der Waals surface area contributed by atoms with Crippen LogP contribution in [0.3, 0.4) is 0 Å². The van der Waals surface area contributed by atoms with Gasteiger partial charge >= 0.3 is 0 Å². The van der Waals surface area contributed by atoms with E-state index in [2.05, 4.69) is 21.9 Å². The molecule has 0 N–H and O–H groups in total. The van der Waals surface area contributed by atoms with Gasteiger partial charge in [0.15, 0.2) is 5.82 Å². The van der Waals surface area contributed by atoms with E-state index in [0.29, 0.717) is 6.04 Å². The molecule has 2 rings (SSSR count). The summed E-state index contributed by atoms with van der Waals surface area (Å²) >= 11 is 1.73. The van der Waals surface area contributed by atoms with Gasteiger partial charge in [-0.05, 0) is 13.0 Å². The largest absolute Gasteiger partial charge is 0.271 e. The average molecular weight is 179 g/mol. The van der Waals surface area contributed by atoms with E-state index in [1.165, 1.54) is 0 Å². The zero-order chi connectivity index (χ0) is 8.39. The van der Waals surface area contributed by atoms with E-state index >= 15 is 0 Å². The Kier molecular flexibility index (Phi) is 2.08. The molecule has 0 saturated carbocycles. The molecule has 1 aromatic rings. The fourth-order valence-corrected chi connectivity index (χ4v) is 1.97. The Balaban J connectivity index is 2.27. The van der Waals surface area contributed by atoms with Crippen LogP contribution < -0.4 is 0 Å². The smallest absolute Gasteiger partial charge is 0.184 e. The van der Waals surface area contributed by atoms with Crippen LogP contribution >= 0.6 is 11.8 Å². The van der Waals surface area contributed by atoms with E-state index in [4.69, 9.17) is 0 Å². The molecule has 1 aromatic heterocycles. The molecule has 1 atom stereocenters. The van der Waals surface area contributed by atoms with Gasteiger partial charge in [0.05, 0.1) is 6.04 Å². The van der Waals surface area contributed by atoms with Gasteiger partial charge in [-0.1, -0.05) is 0 Å². The molecule has 4 heteroatoms. The third-order valence-corrected chi connectivity index (χ3v) is 2.77. The van der Waals surface area contributed by atoms with E-state index in [1.54, 1.807) is 24.2 Å². The van der Waals surface area contributed by atoms with Crippen molar-refractivity contribution in [3.05, 3.63) is 24.3 Å². The van der Waals surface area contributed by atoms with Crippen molar-refractivity contribution in [2.45, 2.75) is 13.0 Å². The first kappa shape index (κ1) is 7.73. The highest BCUT2D eigenvalue weighted by Gasteiger charge is 2.16. The van der Waals surface area contributed by atoms with Gasteiger partial charge in [0.25, 0.3) is 0 Å².